The third-order valence-electron chi connectivity index (χ3n) is 6.49. The molecular weight excluding hydrogens is 481 g/mol. The minimum Gasteiger partial charge on any atom is -0.406 e. The van der Waals surface area contributed by atoms with Crippen molar-refractivity contribution in [2.75, 3.05) is 72.6 Å². The highest BCUT2D eigenvalue weighted by Gasteiger charge is 2.30. The van der Waals surface area contributed by atoms with Crippen molar-refractivity contribution in [2.24, 2.45) is 4.99 Å². The zero-order chi connectivity index (χ0) is 27.1. The van der Waals surface area contributed by atoms with E-state index in [1.54, 1.807) is 24.6 Å². The average Bonchev–Trinajstić information content (AvgIpc) is 2.88. The number of aryl methyl sites for hydroxylation is 1. The van der Waals surface area contributed by atoms with Gasteiger partial charge in [0.15, 0.2) is 0 Å². The molecule has 0 amide bonds. The Morgan fingerprint density at radius 3 is 1.95 bits per heavy atom. The van der Waals surface area contributed by atoms with Crippen molar-refractivity contribution in [2.45, 2.75) is 52.8 Å². The molecule has 0 N–H and O–H groups in total. The van der Waals surface area contributed by atoms with E-state index in [-0.39, 0.29) is 5.75 Å². The minimum absolute atomic E-state index is 0.187. The van der Waals surface area contributed by atoms with Gasteiger partial charge in [-0.2, -0.15) is 0 Å². The number of allylic oxidation sites excluding steroid dienone is 1. The number of hydrogen-bond acceptors (Lipinski definition) is 5. The van der Waals surface area contributed by atoms with Crippen LogP contribution in [0.5, 0.6) is 5.75 Å². The van der Waals surface area contributed by atoms with Crippen LogP contribution in [0, 0.1) is 6.92 Å². The highest BCUT2D eigenvalue weighted by molar-refractivity contribution is 5.93. The Hall–Kier alpha value is -2.10. The summed E-state index contributed by atoms with van der Waals surface area (Å²) in [5, 5.41) is 0. The normalized spacial score (nSPS) is 17.7. The fourth-order valence-electron chi connectivity index (χ4n) is 4.44. The van der Waals surface area contributed by atoms with Gasteiger partial charge in [-0.05, 0) is 38.0 Å². The zero-order valence-electron chi connectivity index (χ0n) is 23.0. The number of aliphatic imine (C=N–C) groups is 1. The number of nitrogens with zero attached hydrogens (tertiary/aromatic N) is 4. The summed E-state index contributed by atoms with van der Waals surface area (Å²) in [6.07, 6.45) is 2.60. The summed E-state index contributed by atoms with van der Waals surface area (Å²) in [7, 11) is 1.94. The van der Waals surface area contributed by atoms with Gasteiger partial charge in [0.25, 0.3) is 0 Å². The molecule has 0 spiro atoms. The van der Waals surface area contributed by atoms with E-state index >= 15 is 0 Å². The molecule has 0 aliphatic carbocycles. The molecular formula is C28H45F3N4O2. The topological polar surface area (TPSA) is 40.5 Å². The first kappa shape index (κ1) is 31.1. The molecule has 0 unspecified atom stereocenters. The molecule has 6 nitrogen and oxygen atoms in total. The predicted octanol–water partition coefficient (Wildman–Crippen LogP) is 5.38. The maximum Gasteiger partial charge on any atom is 0.573 e. The largest absolute Gasteiger partial charge is 0.573 e. The standard InChI is InChI=1S/C20H38N4O.C8H7F3O/c1-4-6-19(7-5-2)18-20(21-3)24-12-10-22(11-13-24)8-9-23-14-16-25-17-15-23;1-6-2-4-7(5-3-6)12-8(9,10)11/h18H,4-17H2,1-3H3;2-5H,1H3. The second-order valence-corrected chi connectivity index (χ2v) is 9.53. The van der Waals surface area contributed by atoms with E-state index in [4.69, 9.17) is 4.74 Å². The second-order valence-electron chi connectivity index (χ2n) is 9.53. The van der Waals surface area contributed by atoms with E-state index in [1.807, 2.05) is 7.05 Å². The molecule has 0 atom stereocenters. The van der Waals surface area contributed by atoms with Gasteiger partial charge in [0, 0.05) is 59.4 Å². The van der Waals surface area contributed by atoms with Crippen LogP contribution in [0.15, 0.2) is 40.9 Å². The van der Waals surface area contributed by atoms with Crippen LogP contribution >= 0.6 is 0 Å². The van der Waals surface area contributed by atoms with Crippen LogP contribution < -0.4 is 4.74 Å². The minimum atomic E-state index is -4.60. The number of ether oxygens (including phenoxy) is 2. The number of amidine groups is 1. The highest BCUT2D eigenvalue weighted by atomic mass is 19.4. The van der Waals surface area contributed by atoms with Gasteiger partial charge in [0.2, 0.25) is 0 Å². The maximum absolute atomic E-state index is 11.6. The van der Waals surface area contributed by atoms with Gasteiger partial charge >= 0.3 is 6.36 Å². The lowest BCUT2D eigenvalue weighted by molar-refractivity contribution is -0.274. The Labute approximate surface area is 221 Å². The van der Waals surface area contributed by atoms with Gasteiger partial charge < -0.3 is 14.4 Å². The molecule has 2 fully saturated rings. The van der Waals surface area contributed by atoms with Crippen LogP contribution in [0.4, 0.5) is 13.2 Å². The van der Waals surface area contributed by atoms with Crippen LogP contribution in [0.3, 0.4) is 0 Å². The van der Waals surface area contributed by atoms with Crippen molar-refractivity contribution in [3.05, 3.63) is 41.5 Å². The van der Waals surface area contributed by atoms with Crippen LogP contribution in [0.1, 0.15) is 45.1 Å². The second kappa shape index (κ2) is 16.7. The van der Waals surface area contributed by atoms with Crippen molar-refractivity contribution in [3.63, 3.8) is 0 Å². The lowest BCUT2D eigenvalue weighted by atomic mass is 10.0. The molecule has 0 radical (unpaired) electrons. The first-order valence-electron chi connectivity index (χ1n) is 13.5. The first-order chi connectivity index (χ1) is 17.7. The average molecular weight is 527 g/mol. The zero-order valence-corrected chi connectivity index (χ0v) is 23.0. The van der Waals surface area contributed by atoms with Crippen molar-refractivity contribution >= 4 is 5.84 Å². The molecule has 2 saturated heterocycles. The fourth-order valence-corrected chi connectivity index (χ4v) is 4.44. The van der Waals surface area contributed by atoms with Crippen LogP contribution in [0.25, 0.3) is 0 Å². The Balaban J connectivity index is 0.000000335. The number of rotatable bonds is 9. The summed E-state index contributed by atoms with van der Waals surface area (Å²) in [6, 6.07) is 5.67. The van der Waals surface area contributed by atoms with Gasteiger partial charge in [0.1, 0.15) is 11.6 Å². The molecule has 1 aromatic rings. The summed E-state index contributed by atoms with van der Waals surface area (Å²) in [4.78, 5) is 12.2. The first-order valence-corrected chi connectivity index (χ1v) is 13.5. The molecule has 2 aliphatic rings. The molecule has 37 heavy (non-hydrogen) atoms. The number of alkyl halides is 3. The number of halogens is 3. The molecule has 0 aromatic heterocycles. The van der Waals surface area contributed by atoms with Crippen molar-refractivity contribution in [1.82, 2.24) is 14.7 Å². The molecule has 2 heterocycles. The van der Waals surface area contributed by atoms with Crippen LogP contribution in [0.2, 0.25) is 0 Å². The van der Waals surface area contributed by atoms with Gasteiger partial charge in [-0.3, -0.25) is 14.8 Å². The molecule has 210 valence electrons. The van der Waals surface area contributed by atoms with Gasteiger partial charge in [0.05, 0.1) is 13.2 Å². The Morgan fingerprint density at radius 2 is 1.46 bits per heavy atom. The summed E-state index contributed by atoms with van der Waals surface area (Å²) < 4.78 is 43.9. The molecule has 0 bridgehead atoms. The quantitative estimate of drug-likeness (QED) is 0.319. The lowest BCUT2D eigenvalue weighted by Crippen LogP contribution is -2.50. The SMILES string of the molecule is CCCC(=CC(=NC)N1CCN(CCN2CCOCC2)CC1)CCC.Cc1ccc(OC(F)(F)F)cc1. The molecule has 0 saturated carbocycles. The summed E-state index contributed by atoms with van der Waals surface area (Å²) in [5.74, 6) is 0.998. The number of piperazine rings is 1. The number of benzene rings is 1. The summed E-state index contributed by atoms with van der Waals surface area (Å²) >= 11 is 0. The maximum atomic E-state index is 11.6. The van der Waals surface area contributed by atoms with Crippen LogP contribution in [-0.4, -0.2) is 99.5 Å². The van der Waals surface area contributed by atoms with E-state index < -0.39 is 6.36 Å². The van der Waals surface area contributed by atoms with Crippen molar-refractivity contribution in [3.8, 4) is 5.75 Å². The monoisotopic (exact) mass is 526 g/mol. The predicted molar refractivity (Wildman–Crippen MR) is 144 cm³/mol. The van der Waals surface area contributed by atoms with Gasteiger partial charge in [-0.25, -0.2) is 0 Å². The van der Waals surface area contributed by atoms with E-state index in [1.165, 1.54) is 56.7 Å². The third kappa shape index (κ3) is 12.8. The molecule has 3 rings (SSSR count). The smallest absolute Gasteiger partial charge is 0.406 e. The number of hydrogen-bond donors (Lipinski definition) is 0. The van der Waals surface area contributed by atoms with Crippen molar-refractivity contribution in [1.29, 1.82) is 0 Å². The van der Waals surface area contributed by atoms with E-state index in [0.717, 1.165) is 58.0 Å². The summed E-state index contributed by atoms with van der Waals surface area (Å²) in [5.41, 5.74) is 2.45. The Morgan fingerprint density at radius 1 is 0.919 bits per heavy atom. The van der Waals surface area contributed by atoms with E-state index in [0.29, 0.717) is 0 Å². The molecule has 2 aliphatic heterocycles. The Kier molecular flexibility index (Phi) is 14.0. The molecule has 1 aromatic carbocycles. The molecule has 9 heteroatoms. The van der Waals surface area contributed by atoms with Crippen LogP contribution in [-0.2, 0) is 4.74 Å². The fraction of sp³-hybridized carbons (Fsp3) is 0.679. The highest BCUT2D eigenvalue weighted by Crippen LogP contribution is 2.22. The van der Waals surface area contributed by atoms with Gasteiger partial charge in [-0.1, -0.05) is 50.0 Å². The van der Waals surface area contributed by atoms with E-state index in [9.17, 15) is 13.2 Å². The lowest BCUT2D eigenvalue weighted by Gasteiger charge is -2.37. The Bertz CT molecular complexity index is 806. The summed E-state index contributed by atoms with van der Waals surface area (Å²) in [6.45, 7) is 17.1. The third-order valence-corrected chi connectivity index (χ3v) is 6.49. The van der Waals surface area contributed by atoms with Gasteiger partial charge in [-0.15, -0.1) is 13.2 Å². The number of morpholine rings is 1. The van der Waals surface area contributed by atoms with Crippen molar-refractivity contribution < 1.29 is 22.6 Å². The van der Waals surface area contributed by atoms with E-state index in [2.05, 4.69) is 44.4 Å².